The second kappa shape index (κ2) is 10.5. The Morgan fingerprint density at radius 3 is 1.84 bits per heavy atom. The summed E-state index contributed by atoms with van der Waals surface area (Å²) in [5.74, 6) is -0.493. The van der Waals surface area contributed by atoms with Crippen molar-refractivity contribution >= 4 is 17.5 Å². The number of benzene rings is 3. The maximum Gasteiger partial charge on any atom is 0.345 e. The molecule has 0 aliphatic rings. The average Bonchev–Trinajstić information content (AvgIpc) is 2.82. The van der Waals surface area contributed by atoms with Gasteiger partial charge in [0.05, 0.1) is 0 Å². The minimum Gasteiger partial charge on any atom is -0.482 e. The molecule has 3 aromatic rings. The van der Waals surface area contributed by atoms with Crippen LogP contribution in [0.4, 0.5) is 0 Å². The SMILES string of the molecule is CCC(=O)c1ccc(OCC(=O)OC(C(=O)c2ccc(C)cc2)c2ccc(C)cc2)cc1. The number of ether oxygens (including phenoxy) is 2. The number of rotatable bonds is 9. The molecular formula is C27H26O5. The molecule has 0 saturated carbocycles. The van der Waals surface area contributed by atoms with Crippen LogP contribution in [-0.4, -0.2) is 24.1 Å². The first-order valence-electron chi connectivity index (χ1n) is 10.5. The predicted octanol–water partition coefficient (Wildman–Crippen LogP) is 5.44. The summed E-state index contributed by atoms with van der Waals surface area (Å²) in [4.78, 5) is 37.4. The number of hydrogen-bond acceptors (Lipinski definition) is 5. The standard InChI is InChI=1S/C27H26O5/c1-4-24(28)20-13-15-23(16-14-20)31-17-25(29)32-27(22-11-7-19(3)8-12-22)26(30)21-9-5-18(2)6-10-21/h5-16,27H,4,17H2,1-3H3. The zero-order chi connectivity index (χ0) is 23.1. The van der Waals surface area contributed by atoms with Crippen molar-refractivity contribution in [2.75, 3.05) is 6.61 Å². The van der Waals surface area contributed by atoms with E-state index in [1.807, 2.05) is 38.1 Å². The summed E-state index contributed by atoms with van der Waals surface area (Å²) in [6.07, 6.45) is -0.652. The highest BCUT2D eigenvalue weighted by Gasteiger charge is 2.26. The highest BCUT2D eigenvalue weighted by Crippen LogP contribution is 2.24. The average molecular weight is 431 g/mol. The molecule has 0 fully saturated rings. The number of aryl methyl sites for hydroxylation is 2. The van der Waals surface area contributed by atoms with Gasteiger partial charge in [-0.15, -0.1) is 0 Å². The molecule has 3 rings (SSSR count). The predicted molar refractivity (Wildman–Crippen MR) is 122 cm³/mol. The van der Waals surface area contributed by atoms with Gasteiger partial charge < -0.3 is 9.47 Å². The van der Waals surface area contributed by atoms with E-state index >= 15 is 0 Å². The van der Waals surface area contributed by atoms with Crippen molar-refractivity contribution in [3.8, 4) is 5.75 Å². The molecule has 0 aliphatic carbocycles. The van der Waals surface area contributed by atoms with Gasteiger partial charge in [0.1, 0.15) is 5.75 Å². The Morgan fingerprint density at radius 1 is 0.750 bits per heavy atom. The lowest BCUT2D eigenvalue weighted by Gasteiger charge is -2.18. The molecule has 0 aliphatic heterocycles. The van der Waals surface area contributed by atoms with Crippen molar-refractivity contribution in [1.29, 1.82) is 0 Å². The maximum absolute atomic E-state index is 13.1. The van der Waals surface area contributed by atoms with E-state index in [2.05, 4.69) is 0 Å². The van der Waals surface area contributed by atoms with Gasteiger partial charge in [0.25, 0.3) is 0 Å². The largest absolute Gasteiger partial charge is 0.482 e. The molecule has 0 N–H and O–H groups in total. The fourth-order valence-corrected chi connectivity index (χ4v) is 3.13. The van der Waals surface area contributed by atoms with Gasteiger partial charge in [-0.25, -0.2) is 4.79 Å². The van der Waals surface area contributed by atoms with Gasteiger partial charge in [-0.05, 0) is 38.1 Å². The van der Waals surface area contributed by atoms with E-state index in [0.29, 0.717) is 28.9 Å². The lowest BCUT2D eigenvalue weighted by atomic mass is 9.98. The van der Waals surface area contributed by atoms with Gasteiger partial charge >= 0.3 is 5.97 Å². The van der Waals surface area contributed by atoms with Gasteiger partial charge in [0.2, 0.25) is 5.78 Å². The molecule has 0 radical (unpaired) electrons. The van der Waals surface area contributed by atoms with Crippen LogP contribution in [0.2, 0.25) is 0 Å². The highest BCUT2D eigenvalue weighted by atomic mass is 16.6. The first-order valence-corrected chi connectivity index (χ1v) is 10.5. The molecule has 5 heteroatoms. The van der Waals surface area contributed by atoms with Gasteiger partial charge in [-0.1, -0.05) is 66.6 Å². The molecule has 5 nitrogen and oxygen atoms in total. The zero-order valence-corrected chi connectivity index (χ0v) is 18.5. The maximum atomic E-state index is 13.1. The van der Waals surface area contributed by atoms with Crippen molar-refractivity contribution < 1.29 is 23.9 Å². The fraction of sp³-hybridized carbons (Fsp3) is 0.222. The van der Waals surface area contributed by atoms with Crippen LogP contribution in [0.5, 0.6) is 5.75 Å². The van der Waals surface area contributed by atoms with Gasteiger partial charge in [0, 0.05) is 23.1 Å². The van der Waals surface area contributed by atoms with Crippen LogP contribution in [0.15, 0.2) is 72.8 Å². The third kappa shape index (κ3) is 5.91. The Kier molecular flexibility index (Phi) is 7.55. The Bertz CT molecular complexity index is 1080. The third-order valence-corrected chi connectivity index (χ3v) is 5.06. The van der Waals surface area contributed by atoms with Crippen LogP contribution in [0.3, 0.4) is 0 Å². The number of Topliss-reactive ketones (excluding diaryl/α,β-unsaturated/α-hetero) is 2. The minimum absolute atomic E-state index is 0.0338. The van der Waals surface area contributed by atoms with Gasteiger partial charge in [0.15, 0.2) is 18.5 Å². The molecule has 0 heterocycles. The monoisotopic (exact) mass is 430 g/mol. The van der Waals surface area contributed by atoms with Crippen LogP contribution in [-0.2, 0) is 9.53 Å². The number of esters is 1. The summed E-state index contributed by atoms with van der Waals surface area (Å²) in [5.41, 5.74) is 3.72. The van der Waals surface area contributed by atoms with Crippen LogP contribution in [0.1, 0.15) is 56.9 Å². The van der Waals surface area contributed by atoms with E-state index in [1.165, 1.54) is 0 Å². The summed E-state index contributed by atoms with van der Waals surface area (Å²) in [6.45, 7) is 5.32. The number of carbonyl (C=O) groups excluding carboxylic acids is 3. The Labute approximate surface area is 188 Å². The third-order valence-electron chi connectivity index (χ3n) is 5.06. The summed E-state index contributed by atoms with van der Waals surface area (Å²) in [5, 5.41) is 0. The van der Waals surface area contributed by atoms with Gasteiger partial charge in [-0.3, -0.25) is 9.59 Å². The summed E-state index contributed by atoms with van der Waals surface area (Å²) in [6, 6.07) is 21.0. The Balaban J connectivity index is 1.71. The molecule has 1 unspecified atom stereocenters. The zero-order valence-electron chi connectivity index (χ0n) is 18.5. The minimum atomic E-state index is -1.07. The second-order valence-corrected chi connectivity index (χ2v) is 7.60. The molecule has 0 bridgehead atoms. The molecule has 1 atom stereocenters. The van der Waals surface area contributed by atoms with Crippen molar-refractivity contribution in [3.63, 3.8) is 0 Å². The van der Waals surface area contributed by atoms with Crippen LogP contribution >= 0.6 is 0 Å². The van der Waals surface area contributed by atoms with Crippen LogP contribution in [0, 0.1) is 13.8 Å². The molecule has 0 amide bonds. The number of hydrogen-bond donors (Lipinski definition) is 0. The van der Waals surface area contributed by atoms with E-state index in [4.69, 9.17) is 9.47 Å². The summed E-state index contributed by atoms with van der Waals surface area (Å²) in [7, 11) is 0. The Morgan fingerprint density at radius 2 is 1.28 bits per heavy atom. The quantitative estimate of drug-likeness (QED) is 0.334. The summed E-state index contributed by atoms with van der Waals surface area (Å²) < 4.78 is 11.1. The lowest BCUT2D eigenvalue weighted by Crippen LogP contribution is -2.23. The van der Waals surface area contributed by atoms with Gasteiger partial charge in [-0.2, -0.15) is 0 Å². The molecule has 0 saturated heterocycles. The van der Waals surface area contributed by atoms with E-state index in [0.717, 1.165) is 11.1 Å². The van der Waals surface area contributed by atoms with Crippen molar-refractivity contribution in [2.24, 2.45) is 0 Å². The number of carbonyl (C=O) groups is 3. The van der Waals surface area contributed by atoms with Crippen molar-refractivity contribution in [2.45, 2.75) is 33.3 Å². The van der Waals surface area contributed by atoms with E-state index in [9.17, 15) is 14.4 Å². The number of ketones is 2. The first kappa shape index (κ1) is 22.9. The van der Waals surface area contributed by atoms with Crippen LogP contribution < -0.4 is 4.74 Å². The molecule has 0 aromatic heterocycles. The van der Waals surface area contributed by atoms with Crippen LogP contribution in [0.25, 0.3) is 0 Å². The molecule has 32 heavy (non-hydrogen) atoms. The van der Waals surface area contributed by atoms with Crippen molar-refractivity contribution in [1.82, 2.24) is 0 Å². The Hall–Kier alpha value is -3.73. The molecule has 0 spiro atoms. The van der Waals surface area contributed by atoms with E-state index in [1.54, 1.807) is 55.5 Å². The smallest absolute Gasteiger partial charge is 0.345 e. The molecule has 3 aromatic carbocycles. The highest BCUT2D eigenvalue weighted by molar-refractivity contribution is 6.01. The fourth-order valence-electron chi connectivity index (χ4n) is 3.13. The topological polar surface area (TPSA) is 69.7 Å². The second-order valence-electron chi connectivity index (χ2n) is 7.60. The first-order chi connectivity index (χ1) is 15.4. The molecule has 164 valence electrons. The van der Waals surface area contributed by atoms with E-state index in [-0.39, 0.29) is 18.2 Å². The normalized spacial score (nSPS) is 11.5. The lowest BCUT2D eigenvalue weighted by molar-refractivity contribution is -0.149. The van der Waals surface area contributed by atoms with E-state index < -0.39 is 12.1 Å². The molecular weight excluding hydrogens is 404 g/mol. The van der Waals surface area contributed by atoms with Crippen molar-refractivity contribution in [3.05, 3.63) is 101 Å². The summed E-state index contributed by atoms with van der Waals surface area (Å²) >= 11 is 0.